The first kappa shape index (κ1) is 18.4. The fourth-order valence-electron chi connectivity index (χ4n) is 1.33. The summed E-state index contributed by atoms with van der Waals surface area (Å²) in [7, 11) is 0. The molecule has 0 radical (unpaired) electrons. The van der Waals surface area contributed by atoms with E-state index in [4.69, 9.17) is 0 Å². The SMILES string of the molecule is CC.CC(C)(C)C.Cc1ccc(-n2nccc2C)cc1. The molecule has 0 aliphatic heterocycles. The molecule has 0 unspecified atom stereocenters. The normalized spacial score (nSPS) is 10.0. The van der Waals surface area contributed by atoms with Gasteiger partial charge in [-0.3, -0.25) is 0 Å². The average molecular weight is 274 g/mol. The molecule has 1 heterocycles. The van der Waals surface area contributed by atoms with E-state index in [2.05, 4.69) is 64.0 Å². The predicted octanol–water partition coefficient (Wildman–Crippen LogP) is 5.57. The van der Waals surface area contributed by atoms with Crippen LogP contribution in [0.1, 0.15) is 52.8 Å². The third-order valence-corrected chi connectivity index (χ3v) is 2.11. The fraction of sp³-hybridized carbons (Fsp3) is 0.500. The van der Waals surface area contributed by atoms with Crippen LogP contribution in [-0.2, 0) is 0 Å². The van der Waals surface area contributed by atoms with E-state index < -0.39 is 0 Å². The summed E-state index contributed by atoms with van der Waals surface area (Å²) in [5.74, 6) is 0. The maximum absolute atomic E-state index is 4.23. The Bertz CT molecular complexity index is 467. The minimum absolute atomic E-state index is 0.500. The Morgan fingerprint density at radius 2 is 1.30 bits per heavy atom. The van der Waals surface area contributed by atoms with Crippen molar-refractivity contribution in [1.82, 2.24) is 9.78 Å². The number of rotatable bonds is 1. The molecular weight excluding hydrogens is 244 g/mol. The van der Waals surface area contributed by atoms with Crippen molar-refractivity contribution in [3.63, 3.8) is 0 Å². The molecule has 0 saturated heterocycles. The summed E-state index contributed by atoms with van der Waals surface area (Å²) in [5, 5.41) is 4.23. The highest BCUT2D eigenvalue weighted by molar-refractivity contribution is 5.34. The molecule has 2 heteroatoms. The number of benzene rings is 1. The maximum Gasteiger partial charge on any atom is 0.0648 e. The summed E-state index contributed by atoms with van der Waals surface area (Å²) in [6.45, 7) is 16.9. The van der Waals surface area contributed by atoms with Gasteiger partial charge in [0.25, 0.3) is 0 Å². The van der Waals surface area contributed by atoms with Gasteiger partial charge in [-0.25, -0.2) is 4.68 Å². The Morgan fingerprint density at radius 1 is 0.850 bits per heavy atom. The van der Waals surface area contributed by atoms with Gasteiger partial charge in [-0.05, 0) is 37.5 Å². The Labute approximate surface area is 124 Å². The van der Waals surface area contributed by atoms with Crippen LogP contribution in [0, 0.1) is 19.3 Å². The highest BCUT2D eigenvalue weighted by Gasteiger charge is 1.98. The van der Waals surface area contributed by atoms with E-state index in [9.17, 15) is 0 Å². The first-order valence-corrected chi connectivity index (χ1v) is 7.35. The standard InChI is InChI=1S/C11H12N2.C5H12.C2H6/c1-9-3-5-11(6-4-9)13-10(2)7-8-12-13;1-5(2,3)4;1-2/h3-8H,1-2H3;1-4H3;1-2H3. The summed E-state index contributed by atoms with van der Waals surface area (Å²) in [6, 6.07) is 10.3. The molecule has 1 aromatic heterocycles. The highest BCUT2D eigenvalue weighted by Crippen LogP contribution is 2.10. The third-order valence-electron chi connectivity index (χ3n) is 2.11. The minimum Gasteiger partial charge on any atom is -0.238 e. The van der Waals surface area contributed by atoms with Crippen LogP contribution in [0.2, 0.25) is 0 Å². The van der Waals surface area contributed by atoms with E-state index in [1.165, 1.54) is 5.56 Å². The third kappa shape index (κ3) is 7.78. The molecule has 0 N–H and O–H groups in total. The van der Waals surface area contributed by atoms with E-state index in [1.54, 1.807) is 0 Å². The van der Waals surface area contributed by atoms with Crippen molar-refractivity contribution in [2.24, 2.45) is 5.41 Å². The van der Waals surface area contributed by atoms with Crippen LogP contribution in [-0.4, -0.2) is 9.78 Å². The zero-order valence-corrected chi connectivity index (χ0v) is 14.4. The maximum atomic E-state index is 4.23. The van der Waals surface area contributed by atoms with Gasteiger partial charge in [0.1, 0.15) is 0 Å². The van der Waals surface area contributed by atoms with Crippen molar-refractivity contribution in [1.29, 1.82) is 0 Å². The summed E-state index contributed by atoms with van der Waals surface area (Å²) >= 11 is 0. The van der Waals surface area contributed by atoms with Crippen molar-refractivity contribution in [2.75, 3.05) is 0 Å². The molecule has 0 aliphatic carbocycles. The molecule has 0 fully saturated rings. The van der Waals surface area contributed by atoms with Crippen molar-refractivity contribution in [3.05, 3.63) is 47.8 Å². The van der Waals surface area contributed by atoms with Crippen LogP contribution in [0.15, 0.2) is 36.5 Å². The molecule has 20 heavy (non-hydrogen) atoms. The van der Waals surface area contributed by atoms with Gasteiger partial charge in [0.15, 0.2) is 0 Å². The van der Waals surface area contributed by atoms with Crippen LogP contribution in [0.4, 0.5) is 0 Å². The second-order valence-electron chi connectivity index (χ2n) is 6.22. The van der Waals surface area contributed by atoms with Crippen molar-refractivity contribution >= 4 is 0 Å². The summed E-state index contributed by atoms with van der Waals surface area (Å²) < 4.78 is 1.93. The molecule has 2 nitrogen and oxygen atoms in total. The molecule has 0 saturated carbocycles. The van der Waals surface area contributed by atoms with Crippen molar-refractivity contribution < 1.29 is 0 Å². The lowest BCUT2D eigenvalue weighted by molar-refractivity contribution is 0.469. The lowest BCUT2D eigenvalue weighted by Crippen LogP contribution is -1.97. The number of aryl methyl sites for hydroxylation is 2. The van der Waals surface area contributed by atoms with E-state index in [-0.39, 0.29) is 0 Å². The Kier molecular flexibility index (Phi) is 7.90. The van der Waals surface area contributed by atoms with E-state index in [0.29, 0.717) is 5.41 Å². The number of hydrogen-bond donors (Lipinski definition) is 0. The van der Waals surface area contributed by atoms with Gasteiger partial charge >= 0.3 is 0 Å². The number of nitrogens with zero attached hydrogens (tertiary/aromatic N) is 2. The number of hydrogen-bond acceptors (Lipinski definition) is 1. The monoisotopic (exact) mass is 274 g/mol. The fourth-order valence-corrected chi connectivity index (χ4v) is 1.33. The molecule has 0 aliphatic rings. The molecule has 2 aromatic rings. The van der Waals surface area contributed by atoms with Crippen LogP contribution >= 0.6 is 0 Å². The molecule has 1 aromatic carbocycles. The van der Waals surface area contributed by atoms with Crippen molar-refractivity contribution in [2.45, 2.75) is 55.4 Å². The Hall–Kier alpha value is -1.57. The van der Waals surface area contributed by atoms with Crippen LogP contribution in [0.3, 0.4) is 0 Å². The lowest BCUT2D eigenvalue weighted by atomic mass is 10.0. The molecule has 0 amide bonds. The van der Waals surface area contributed by atoms with Crippen molar-refractivity contribution in [3.8, 4) is 5.69 Å². The lowest BCUT2D eigenvalue weighted by Gasteiger charge is -2.05. The van der Waals surface area contributed by atoms with Gasteiger partial charge in [-0.2, -0.15) is 5.10 Å². The number of aromatic nitrogens is 2. The second-order valence-corrected chi connectivity index (χ2v) is 6.22. The van der Waals surface area contributed by atoms with Gasteiger partial charge in [0, 0.05) is 11.9 Å². The minimum atomic E-state index is 0.500. The zero-order chi connectivity index (χ0) is 15.8. The molecule has 2 rings (SSSR count). The van der Waals surface area contributed by atoms with E-state index >= 15 is 0 Å². The molecule has 0 atom stereocenters. The van der Waals surface area contributed by atoms with Gasteiger partial charge in [-0.15, -0.1) is 0 Å². The van der Waals surface area contributed by atoms with Crippen LogP contribution in [0.25, 0.3) is 5.69 Å². The smallest absolute Gasteiger partial charge is 0.0648 e. The van der Waals surface area contributed by atoms with E-state index in [0.717, 1.165) is 11.4 Å². The molecule has 0 spiro atoms. The first-order valence-electron chi connectivity index (χ1n) is 7.35. The van der Waals surface area contributed by atoms with Gasteiger partial charge in [0.2, 0.25) is 0 Å². The zero-order valence-electron chi connectivity index (χ0n) is 14.4. The quantitative estimate of drug-likeness (QED) is 0.665. The van der Waals surface area contributed by atoms with Crippen LogP contribution in [0.5, 0.6) is 0 Å². The van der Waals surface area contributed by atoms with Gasteiger partial charge in [-0.1, -0.05) is 59.2 Å². The Balaban J connectivity index is 0.000000441. The van der Waals surface area contributed by atoms with Gasteiger partial charge < -0.3 is 0 Å². The average Bonchev–Trinajstić information content (AvgIpc) is 2.77. The Morgan fingerprint density at radius 3 is 1.65 bits per heavy atom. The highest BCUT2D eigenvalue weighted by atomic mass is 15.3. The van der Waals surface area contributed by atoms with E-state index in [1.807, 2.05) is 37.7 Å². The predicted molar refractivity (Wildman–Crippen MR) is 89.5 cm³/mol. The topological polar surface area (TPSA) is 17.8 Å². The summed E-state index contributed by atoms with van der Waals surface area (Å²) in [6.07, 6.45) is 1.81. The van der Waals surface area contributed by atoms with Crippen LogP contribution < -0.4 is 0 Å². The largest absolute Gasteiger partial charge is 0.238 e. The molecule has 0 bridgehead atoms. The molecular formula is C18H30N2. The summed E-state index contributed by atoms with van der Waals surface area (Å²) in [5.41, 5.74) is 4.05. The molecule has 112 valence electrons. The first-order chi connectivity index (χ1) is 9.27. The summed E-state index contributed by atoms with van der Waals surface area (Å²) in [4.78, 5) is 0. The van der Waals surface area contributed by atoms with Gasteiger partial charge in [0.05, 0.1) is 5.69 Å². The second kappa shape index (κ2) is 8.57.